The zero-order valence-corrected chi connectivity index (χ0v) is 13.7. The van der Waals surface area contributed by atoms with Crippen LogP contribution in [-0.4, -0.2) is 17.4 Å². The second-order valence-corrected chi connectivity index (χ2v) is 5.85. The molecule has 3 aromatic rings. The smallest absolute Gasteiger partial charge is 0.252 e. The van der Waals surface area contributed by atoms with Gasteiger partial charge in [-0.3, -0.25) is 4.79 Å². The molecule has 0 radical (unpaired) electrons. The average Bonchev–Trinajstić information content (AvgIpc) is 2.54. The molecule has 0 aliphatic carbocycles. The van der Waals surface area contributed by atoms with Crippen molar-refractivity contribution in [3.05, 3.63) is 64.6 Å². The zero-order valence-electron chi connectivity index (χ0n) is 12.1. The molecule has 1 aromatic heterocycles. The lowest BCUT2D eigenvalue weighted by atomic mass is 10.0. The molecule has 0 fully saturated rings. The Kier molecular flexibility index (Phi) is 4.20. The minimum Gasteiger partial charge on any atom is -0.352 e. The monoisotopic (exact) mass is 354 g/mol. The summed E-state index contributed by atoms with van der Waals surface area (Å²) in [5.41, 5.74) is 3.27. The molecule has 2 aromatic carbocycles. The van der Waals surface area contributed by atoms with E-state index >= 15 is 0 Å². The molecule has 1 amide bonds. The molecule has 110 valence electrons. The number of halogens is 1. The summed E-state index contributed by atoms with van der Waals surface area (Å²) in [5, 5.41) is 3.74. The van der Waals surface area contributed by atoms with Crippen LogP contribution in [0.25, 0.3) is 22.2 Å². The third kappa shape index (κ3) is 2.88. The van der Waals surface area contributed by atoms with Crippen molar-refractivity contribution < 1.29 is 4.79 Å². The molecule has 0 aliphatic heterocycles. The summed E-state index contributed by atoms with van der Waals surface area (Å²) in [5.74, 6) is -0.0699. The highest BCUT2D eigenvalue weighted by Crippen LogP contribution is 2.26. The summed E-state index contributed by atoms with van der Waals surface area (Å²) >= 11 is 3.43. The number of nitrogens with one attached hydrogen (secondary N) is 1. The summed E-state index contributed by atoms with van der Waals surface area (Å²) < 4.78 is 1.01. The Hall–Kier alpha value is -2.20. The van der Waals surface area contributed by atoms with Crippen LogP contribution < -0.4 is 5.32 Å². The highest BCUT2D eigenvalue weighted by Gasteiger charge is 2.13. The molecule has 3 nitrogen and oxygen atoms in total. The molecular formula is C18H15BrN2O. The van der Waals surface area contributed by atoms with E-state index in [1.807, 2.05) is 61.5 Å². The number of aromatic nitrogens is 1. The van der Waals surface area contributed by atoms with Crippen molar-refractivity contribution in [2.75, 3.05) is 6.54 Å². The molecule has 0 atom stereocenters. The predicted octanol–water partition coefficient (Wildman–Crippen LogP) is 4.41. The van der Waals surface area contributed by atoms with Gasteiger partial charge in [-0.25, -0.2) is 4.98 Å². The van der Waals surface area contributed by atoms with Crippen LogP contribution in [0, 0.1) is 0 Å². The van der Waals surface area contributed by atoms with E-state index in [1.54, 1.807) is 0 Å². The van der Waals surface area contributed by atoms with Gasteiger partial charge in [0.1, 0.15) is 0 Å². The van der Waals surface area contributed by atoms with Gasteiger partial charge in [-0.2, -0.15) is 0 Å². The van der Waals surface area contributed by atoms with Crippen molar-refractivity contribution in [3.8, 4) is 11.3 Å². The minimum atomic E-state index is -0.0699. The van der Waals surface area contributed by atoms with Crippen molar-refractivity contribution in [1.29, 1.82) is 0 Å². The summed E-state index contributed by atoms with van der Waals surface area (Å²) in [6.07, 6.45) is 0. The Balaban J connectivity index is 2.20. The first kappa shape index (κ1) is 14.7. The largest absolute Gasteiger partial charge is 0.352 e. The van der Waals surface area contributed by atoms with E-state index in [4.69, 9.17) is 0 Å². The first-order valence-electron chi connectivity index (χ1n) is 7.13. The highest BCUT2D eigenvalue weighted by atomic mass is 79.9. The molecule has 0 saturated carbocycles. The van der Waals surface area contributed by atoms with Crippen molar-refractivity contribution in [2.45, 2.75) is 6.92 Å². The van der Waals surface area contributed by atoms with Crippen LogP contribution in [0.3, 0.4) is 0 Å². The fourth-order valence-electron chi connectivity index (χ4n) is 2.39. The number of fused-ring (bicyclic) bond motifs is 1. The SMILES string of the molecule is CCNC(=O)c1cc(-c2ccc(Br)cc2)nc2ccccc12. The van der Waals surface area contributed by atoms with Gasteiger partial charge in [0.05, 0.1) is 16.8 Å². The lowest BCUT2D eigenvalue weighted by molar-refractivity contribution is 0.0957. The third-order valence-corrected chi connectivity index (χ3v) is 3.97. The number of carbonyl (C=O) groups excluding carboxylic acids is 1. The molecule has 0 spiro atoms. The lowest BCUT2D eigenvalue weighted by Crippen LogP contribution is -2.23. The second kappa shape index (κ2) is 6.28. The Morgan fingerprint density at radius 3 is 2.59 bits per heavy atom. The van der Waals surface area contributed by atoms with Gasteiger partial charge in [0, 0.05) is 22.0 Å². The number of pyridine rings is 1. The lowest BCUT2D eigenvalue weighted by Gasteiger charge is -2.10. The molecule has 1 N–H and O–H groups in total. The van der Waals surface area contributed by atoms with Gasteiger partial charge < -0.3 is 5.32 Å². The first-order chi connectivity index (χ1) is 10.7. The van der Waals surface area contributed by atoms with Crippen LogP contribution in [0.15, 0.2) is 59.1 Å². The molecule has 1 heterocycles. The number of benzene rings is 2. The van der Waals surface area contributed by atoms with Crippen LogP contribution in [0.1, 0.15) is 17.3 Å². The molecule has 0 saturated heterocycles. The number of nitrogens with zero attached hydrogens (tertiary/aromatic N) is 1. The minimum absolute atomic E-state index is 0.0699. The number of hydrogen-bond acceptors (Lipinski definition) is 2. The summed E-state index contributed by atoms with van der Waals surface area (Å²) in [6.45, 7) is 2.51. The van der Waals surface area contributed by atoms with Crippen LogP contribution >= 0.6 is 15.9 Å². The predicted molar refractivity (Wildman–Crippen MR) is 92.9 cm³/mol. The van der Waals surface area contributed by atoms with Crippen molar-refractivity contribution >= 4 is 32.7 Å². The zero-order chi connectivity index (χ0) is 15.5. The molecule has 0 bridgehead atoms. The van der Waals surface area contributed by atoms with E-state index in [-0.39, 0.29) is 5.91 Å². The van der Waals surface area contributed by atoms with Crippen LogP contribution in [0.2, 0.25) is 0 Å². The maximum atomic E-state index is 12.3. The maximum Gasteiger partial charge on any atom is 0.252 e. The van der Waals surface area contributed by atoms with E-state index < -0.39 is 0 Å². The van der Waals surface area contributed by atoms with Gasteiger partial charge in [-0.1, -0.05) is 46.3 Å². The Labute approximate surface area is 137 Å². The number of para-hydroxylation sites is 1. The second-order valence-electron chi connectivity index (χ2n) is 4.94. The average molecular weight is 355 g/mol. The van der Waals surface area contributed by atoms with E-state index in [9.17, 15) is 4.79 Å². The van der Waals surface area contributed by atoms with Crippen LogP contribution in [-0.2, 0) is 0 Å². The summed E-state index contributed by atoms with van der Waals surface area (Å²) in [4.78, 5) is 17.0. The molecule has 22 heavy (non-hydrogen) atoms. The molecule has 3 rings (SSSR count). The van der Waals surface area contributed by atoms with Crippen LogP contribution in [0.5, 0.6) is 0 Å². The number of carbonyl (C=O) groups is 1. The molecule has 4 heteroatoms. The highest BCUT2D eigenvalue weighted by molar-refractivity contribution is 9.10. The van der Waals surface area contributed by atoms with E-state index in [2.05, 4.69) is 26.2 Å². The number of amides is 1. The van der Waals surface area contributed by atoms with Gasteiger partial charge in [-0.05, 0) is 31.2 Å². The van der Waals surface area contributed by atoms with Gasteiger partial charge >= 0.3 is 0 Å². The van der Waals surface area contributed by atoms with Gasteiger partial charge in [-0.15, -0.1) is 0 Å². The first-order valence-corrected chi connectivity index (χ1v) is 7.92. The Bertz CT molecular complexity index is 828. The van der Waals surface area contributed by atoms with Gasteiger partial charge in [0.15, 0.2) is 0 Å². The third-order valence-electron chi connectivity index (χ3n) is 3.44. The fourth-order valence-corrected chi connectivity index (χ4v) is 2.65. The quantitative estimate of drug-likeness (QED) is 0.756. The van der Waals surface area contributed by atoms with Crippen molar-refractivity contribution in [2.24, 2.45) is 0 Å². The molecule has 0 aliphatic rings. The number of rotatable bonds is 3. The topological polar surface area (TPSA) is 42.0 Å². The maximum absolute atomic E-state index is 12.3. The van der Waals surface area contributed by atoms with E-state index in [0.29, 0.717) is 12.1 Å². The van der Waals surface area contributed by atoms with Crippen molar-refractivity contribution in [1.82, 2.24) is 10.3 Å². The van der Waals surface area contributed by atoms with Crippen LogP contribution in [0.4, 0.5) is 0 Å². The normalized spacial score (nSPS) is 10.6. The summed E-state index contributed by atoms with van der Waals surface area (Å²) in [6, 6.07) is 17.5. The molecular weight excluding hydrogens is 340 g/mol. The van der Waals surface area contributed by atoms with Crippen molar-refractivity contribution in [3.63, 3.8) is 0 Å². The Morgan fingerprint density at radius 1 is 1.14 bits per heavy atom. The summed E-state index contributed by atoms with van der Waals surface area (Å²) in [7, 11) is 0. The molecule has 0 unspecified atom stereocenters. The fraction of sp³-hybridized carbons (Fsp3) is 0.111. The number of hydrogen-bond donors (Lipinski definition) is 1. The van der Waals surface area contributed by atoms with Gasteiger partial charge in [0.25, 0.3) is 5.91 Å². The van der Waals surface area contributed by atoms with E-state index in [1.165, 1.54) is 0 Å². The Morgan fingerprint density at radius 2 is 1.86 bits per heavy atom. The van der Waals surface area contributed by atoms with E-state index in [0.717, 1.165) is 26.6 Å². The standard InChI is InChI=1S/C18H15BrN2O/c1-2-20-18(22)15-11-17(12-7-9-13(19)10-8-12)21-16-6-4-3-5-14(15)16/h3-11H,2H2,1H3,(H,20,22). The van der Waals surface area contributed by atoms with Gasteiger partial charge in [0.2, 0.25) is 0 Å².